The predicted octanol–water partition coefficient (Wildman–Crippen LogP) is 2.36. The lowest BCUT2D eigenvalue weighted by Gasteiger charge is -2.30. The molecule has 1 heterocycles. The number of piperidine rings is 1. The maximum absolute atomic E-state index is 12.4. The molecule has 1 saturated heterocycles. The highest BCUT2D eigenvalue weighted by Gasteiger charge is 2.22. The number of carbonyl (C=O) groups excluding carboxylic acids is 2. The van der Waals surface area contributed by atoms with Crippen LogP contribution >= 0.6 is 12.4 Å². The first-order valence-corrected chi connectivity index (χ1v) is 9.00. The number of nitrogens with zero attached hydrogens (tertiary/aromatic N) is 1. The molecule has 0 aliphatic carbocycles. The van der Waals surface area contributed by atoms with E-state index in [-0.39, 0.29) is 30.4 Å². The highest BCUT2D eigenvalue weighted by Crippen LogP contribution is 2.19. The zero-order valence-corrected chi connectivity index (χ0v) is 18.1. The van der Waals surface area contributed by atoms with E-state index in [1.165, 1.54) is 5.56 Å². The monoisotopic (exact) mass is 401 g/mol. The third kappa shape index (κ3) is 10.3. The van der Waals surface area contributed by atoms with E-state index in [2.05, 4.69) is 55.4 Å². The van der Waals surface area contributed by atoms with Crippen LogP contribution in [-0.4, -0.2) is 43.5 Å². The Morgan fingerprint density at radius 1 is 1.22 bits per heavy atom. The number of hydrogen-bond acceptors (Lipinski definition) is 4. The molecule has 2 rings (SSSR count). The molecule has 27 heavy (non-hydrogen) atoms. The van der Waals surface area contributed by atoms with E-state index in [4.69, 9.17) is 9.90 Å². The minimum atomic E-state index is -0.500. The number of carboxylic acid groups (broad SMARTS) is 1. The number of likely N-dealkylation sites (tertiary alicyclic amines) is 1. The molecule has 1 fully saturated rings. The molecule has 1 aromatic carbocycles. The van der Waals surface area contributed by atoms with Crippen LogP contribution in [0.15, 0.2) is 24.3 Å². The summed E-state index contributed by atoms with van der Waals surface area (Å²) in [5.74, 6) is 0.745. The minimum absolute atomic E-state index is 0. The van der Waals surface area contributed by atoms with Gasteiger partial charge in [0.15, 0.2) is 0 Å². The summed E-state index contributed by atoms with van der Waals surface area (Å²) in [5.41, 5.74) is 2.46. The second kappa shape index (κ2) is 14.4. The number of hydrogen-bond donors (Lipinski definition) is 2. The summed E-state index contributed by atoms with van der Waals surface area (Å²) >= 11 is 0. The number of amides is 1. The van der Waals surface area contributed by atoms with Crippen molar-refractivity contribution in [3.63, 3.8) is 0 Å². The largest absolute Gasteiger partial charge is 0.554 e. The van der Waals surface area contributed by atoms with E-state index in [9.17, 15) is 4.79 Å². The average molecular weight is 402 g/mol. The quantitative estimate of drug-likeness (QED) is 0.738. The van der Waals surface area contributed by atoms with Gasteiger partial charge in [-0.15, -0.1) is 12.4 Å². The molecular formula is C20H36ClN3O3. The molecule has 0 aromatic heterocycles. The summed E-state index contributed by atoms with van der Waals surface area (Å²) in [6.07, 6.45) is 3.21. The van der Waals surface area contributed by atoms with Gasteiger partial charge in [0.2, 0.25) is 5.91 Å². The van der Waals surface area contributed by atoms with Gasteiger partial charge in [0.1, 0.15) is 0 Å². The van der Waals surface area contributed by atoms with Crippen molar-refractivity contribution in [3.8, 4) is 0 Å². The van der Waals surface area contributed by atoms with Gasteiger partial charge in [-0.3, -0.25) is 4.79 Å². The van der Waals surface area contributed by atoms with Crippen LogP contribution in [0.4, 0.5) is 0 Å². The Kier molecular flexibility index (Phi) is 14.7. The smallest absolute Gasteiger partial charge is 0.227 e. The SMILES string of the molecule is CC(C)Cc1ccc(C(C)C(=O)NC2CCN(C)CC2)cc1.Cl.O=C[O-].[NH4+]. The molecule has 0 radical (unpaired) electrons. The first-order chi connectivity index (χ1) is 11.9. The van der Waals surface area contributed by atoms with Crippen LogP contribution < -0.4 is 16.6 Å². The maximum Gasteiger partial charge on any atom is 0.227 e. The molecule has 0 saturated carbocycles. The Hall–Kier alpha value is -1.63. The van der Waals surface area contributed by atoms with Crippen LogP contribution in [0.1, 0.15) is 50.7 Å². The van der Waals surface area contributed by atoms with Crippen LogP contribution in [0.5, 0.6) is 0 Å². The average Bonchev–Trinajstić information content (AvgIpc) is 2.57. The number of halogens is 1. The number of carbonyl (C=O) groups is 2. The lowest BCUT2D eigenvalue weighted by Crippen LogP contribution is -2.44. The van der Waals surface area contributed by atoms with Crippen molar-refractivity contribution in [1.29, 1.82) is 0 Å². The fourth-order valence-electron chi connectivity index (χ4n) is 3.04. The van der Waals surface area contributed by atoms with Gasteiger partial charge >= 0.3 is 0 Å². The second-order valence-electron chi connectivity index (χ2n) is 7.24. The molecular weight excluding hydrogens is 366 g/mol. The molecule has 7 heteroatoms. The van der Waals surface area contributed by atoms with E-state index in [1.54, 1.807) is 0 Å². The van der Waals surface area contributed by atoms with Crippen LogP contribution in [0.25, 0.3) is 0 Å². The summed E-state index contributed by atoms with van der Waals surface area (Å²) in [7, 11) is 2.14. The van der Waals surface area contributed by atoms with Gasteiger partial charge in [0.05, 0.1) is 5.92 Å². The first kappa shape index (κ1) is 27.6. The van der Waals surface area contributed by atoms with E-state index < -0.39 is 6.47 Å². The van der Waals surface area contributed by atoms with Crippen LogP contribution in [-0.2, 0) is 16.0 Å². The predicted molar refractivity (Wildman–Crippen MR) is 111 cm³/mol. The Bertz CT molecular complexity index is 530. The molecule has 1 aliphatic heterocycles. The van der Waals surface area contributed by atoms with Gasteiger partial charge in [0, 0.05) is 12.5 Å². The standard InChI is InChI=1S/C19H30N2O.CH2O2.ClH.H3N/c1-14(2)13-16-5-7-17(8-6-16)15(3)19(22)20-18-9-11-21(4)12-10-18;2-1-3;;/h5-8,14-15,18H,9-13H2,1-4H3,(H,20,22);1H,(H,2,3);1H;1H3. The van der Waals surface area contributed by atoms with Gasteiger partial charge in [-0.1, -0.05) is 38.1 Å². The summed E-state index contributed by atoms with van der Waals surface area (Å²) in [5, 5.41) is 11.5. The van der Waals surface area contributed by atoms with Crippen molar-refractivity contribution in [2.24, 2.45) is 5.92 Å². The topological polar surface area (TPSA) is 109 Å². The lowest BCUT2D eigenvalue weighted by atomic mass is 9.95. The third-order valence-electron chi connectivity index (χ3n) is 4.58. The van der Waals surface area contributed by atoms with Gasteiger partial charge in [-0.25, -0.2) is 0 Å². The number of benzene rings is 1. The van der Waals surface area contributed by atoms with E-state index >= 15 is 0 Å². The van der Waals surface area contributed by atoms with Gasteiger partial charge in [-0.05, 0) is 63.4 Å². The van der Waals surface area contributed by atoms with E-state index in [1.807, 2.05) is 6.92 Å². The Labute approximate surface area is 169 Å². The lowest BCUT2D eigenvalue weighted by molar-refractivity contribution is -0.283. The van der Waals surface area contributed by atoms with Crippen LogP contribution in [0.2, 0.25) is 0 Å². The molecule has 1 amide bonds. The molecule has 0 bridgehead atoms. The van der Waals surface area contributed by atoms with Crippen molar-refractivity contribution in [1.82, 2.24) is 16.4 Å². The normalized spacial score (nSPS) is 15.4. The molecule has 5 N–H and O–H groups in total. The molecule has 1 unspecified atom stereocenters. The van der Waals surface area contributed by atoms with Crippen molar-refractivity contribution in [2.45, 2.75) is 52.0 Å². The van der Waals surface area contributed by atoms with E-state index in [0.717, 1.165) is 37.9 Å². The Morgan fingerprint density at radius 2 is 1.70 bits per heavy atom. The van der Waals surface area contributed by atoms with E-state index in [0.29, 0.717) is 12.0 Å². The summed E-state index contributed by atoms with van der Waals surface area (Å²) in [4.78, 5) is 23.0. The fourth-order valence-corrected chi connectivity index (χ4v) is 3.04. The zero-order valence-electron chi connectivity index (χ0n) is 17.2. The van der Waals surface area contributed by atoms with Crippen molar-refractivity contribution >= 4 is 24.8 Å². The highest BCUT2D eigenvalue weighted by molar-refractivity contribution is 5.85. The summed E-state index contributed by atoms with van der Waals surface area (Å²) < 4.78 is 0. The first-order valence-electron chi connectivity index (χ1n) is 9.00. The molecule has 1 aliphatic rings. The maximum atomic E-state index is 12.4. The molecule has 156 valence electrons. The van der Waals surface area contributed by atoms with Gasteiger partial charge in [0.25, 0.3) is 0 Å². The molecule has 1 aromatic rings. The zero-order chi connectivity index (χ0) is 18.8. The van der Waals surface area contributed by atoms with Gasteiger partial charge in [-0.2, -0.15) is 0 Å². The molecule has 1 atom stereocenters. The van der Waals surface area contributed by atoms with Crippen molar-refractivity contribution in [3.05, 3.63) is 35.4 Å². The second-order valence-corrected chi connectivity index (χ2v) is 7.24. The fraction of sp³-hybridized carbons (Fsp3) is 0.600. The van der Waals surface area contributed by atoms with Gasteiger partial charge < -0.3 is 26.3 Å². The summed E-state index contributed by atoms with van der Waals surface area (Å²) in [6.45, 7) is 8.10. The Morgan fingerprint density at radius 3 is 2.15 bits per heavy atom. The third-order valence-corrected chi connectivity index (χ3v) is 4.58. The Balaban J connectivity index is 0. The van der Waals surface area contributed by atoms with Crippen LogP contribution in [0, 0.1) is 5.92 Å². The molecule has 6 nitrogen and oxygen atoms in total. The number of nitrogens with one attached hydrogen (secondary N) is 1. The van der Waals surface area contributed by atoms with Crippen LogP contribution in [0.3, 0.4) is 0 Å². The number of rotatable bonds is 5. The summed E-state index contributed by atoms with van der Waals surface area (Å²) in [6, 6.07) is 8.88. The number of quaternary nitrogens is 1. The van der Waals surface area contributed by atoms with Crippen molar-refractivity contribution in [2.75, 3.05) is 20.1 Å². The van der Waals surface area contributed by atoms with Crippen molar-refractivity contribution < 1.29 is 14.7 Å². The molecule has 0 spiro atoms. The minimum Gasteiger partial charge on any atom is -0.554 e. The highest BCUT2D eigenvalue weighted by atomic mass is 35.5.